The third-order valence-corrected chi connectivity index (χ3v) is 14.5. The normalized spacial score (nSPS) is 43.5. The Bertz CT molecular complexity index is 1430. The van der Waals surface area contributed by atoms with E-state index in [1.807, 2.05) is 0 Å². The minimum atomic E-state index is -1.65. The minimum Gasteiger partial charge on any atom is -0.469 e. The molecule has 5 aliphatic rings. The van der Waals surface area contributed by atoms with Crippen LogP contribution >= 0.6 is 0 Å². The summed E-state index contributed by atoms with van der Waals surface area (Å²) in [5, 5.41) is 12.1. The maximum atomic E-state index is 14.2. The van der Waals surface area contributed by atoms with Crippen LogP contribution in [0.2, 0.25) is 0 Å². The number of ether oxygens (including phenoxy) is 5. The van der Waals surface area contributed by atoms with Gasteiger partial charge >= 0.3 is 29.8 Å². The summed E-state index contributed by atoms with van der Waals surface area (Å²) in [6, 6.07) is 0. The van der Waals surface area contributed by atoms with Crippen LogP contribution in [0.3, 0.4) is 0 Å². The molecule has 0 aromatic carbocycles. The number of hydrogen-bond donors (Lipinski definition) is 1. The zero-order chi connectivity index (χ0) is 36.5. The van der Waals surface area contributed by atoms with Gasteiger partial charge in [0.1, 0.15) is 18.1 Å². The second-order valence-corrected chi connectivity index (χ2v) is 17.0. The molecule has 0 heterocycles. The molecule has 0 radical (unpaired) electrons. The highest BCUT2D eigenvalue weighted by Gasteiger charge is 2.75. The van der Waals surface area contributed by atoms with Crippen LogP contribution in [0.5, 0.6) is 0 Å². The maximum absolute atomic E-state index is 14.2. The van der Waals surface area contributed by atoms with Crippen molar-refractivity contribution < 1.29 is 52.8 Å². The first kappa shape index (κ1) is 37.3. The van der Waals surface area contributed by atoms with Gasteiger partial charge < -0.3 is 28.8 Å². The van der Waals surface area contributed by atoms with Crippen molar-refractivity contribution in [1.29, 1.82) is 0 Å². The number of fused-ring (bicyclic) bond motifs is 7. The molecule has 0 unspecified atom stereocenters. The lowest BCUT2D eigenvalue weighted by Gasteiger charge is -2.71. The van der Waals surface area contributed by atoms with Gasteiger partial charge in [-0.1, -0.05) is 46.3 Å². The van der Waals surface area contributed by atoms with E-state index in [1.54, 1.807) is 0 Å². The molecule has 0 aromatic rings. The number of aliphatic hydroxyl groups excluding tert-OH is 1. The minimum absolute atomic E-state index is 0.0652. The lowest BCUT2D eigenvalue weighted by atomic mass is 9.33. The van der Waals surface area contributed by atoms with E-state index in [0.29, 0.717) is 51.4 Å². The molecule has 11 atom stereocenters. The highest BCUT2D eigenvalue weighted by Crippen LogP contribution is 2.76. The first-order valence-electron chi connectivity index (χ1n) is 17.7. The second-order valence-electron chi connectivity index (χ2n) is 17.0. The molecule has 0 spiro atoms. The number of methoxy groups -OCH3 is 2. The number of carbonyl (C=O) groups excluding carboxylic acids is 5. The van der Waals surface area contributed by atoms with Crippen molar-refractivity contribution in [3.8, 4) is 0 Å². The molecule has 1 N–H and O–H groups in total. The second kappa shape index (κ2) is 12.4. The third-order valence-electron chi connectivity index (χ3n) is 14.5. The Kier molecular flexibility index (Phi) is 9.42. The molecular formula is C38H56O11. The van der Waals surface area contributed by atoms with Gasteiger partial charge in [-0.05, 0) is 84.9 Å². The summed E-state index contributed by atoms with van der Waals surface area (Å²) in [5.41, 5.74) is -3.24. The number of allylic oxidation sites excluding steroid dienone is 1. The van der Waals surface area contributed by atoms with Gasteiger partial charge in [0.05, 0.1) is 25.7 Å². The van der Waals surface area contributed by atoms with Gasteiger partial charge in [-0.15, -0.1) is 0 Å². The van der Waals surface area contributed by atoms with E-state index in [9.17, 15) is 29.1 Å². The van der Waals surface area contributed by atoms with Crippen LogP contribution in [-0.4, -0.2) is 74.1 Å². The summed E-state index contributed by atoms with van der Waals surface area (Å²) in [6.45, 7) is 14.2. The van der Waals surface area contributed by atoms with E-state index in [2.05, 4.69) is 40.7 Å². The summed E-state index contributed by atoms with van der Waals surface area (Å²) >= 11 is 0. The SMILES string of the molecule is COC(=O)[C@]12CCC(C)(C)[C@@H](O)[C@H]1C1=CC[C@@H]3[C@@]4(C)C[C@@H](OC(C)=O)[C@H](OC(C)=O)[C@@](COC(C)=O)(C(=O)OC)[C@@H]4CC[C@@]3(C)[C@]1(C)CC2. The maximum Gasteiger partial charge on any atom is 0.319 e. The van der Waals surface area contributed by atoms with Crippen molar-refractivity contribution in [3.05, 3.63) is 11.6 Å². The van der Waals surface area contributed by atoms with Gasteiger partial charge in [-0.3, -0.25) is 24.0 Å². The largest absolute Gasteiger partial charge is 0.469 e. The van der Waals surface area contributed by atoms with Crippen molar-refractivity contribution in [1.82, 2.24) is 0 Å². The van der Waals surface area contributed by atoms with Crippen molar-refractivity contribution in [2.45, 2.75) is 125 Å². The third kappa shape index (κ3) is 5.25. The molecule has 0 bridgehead atoms. The highest BCUT2D eigenvalue weighted by molar-refractivity contribution is 5.81. The van der Waals surface area contributed by atoms with Crippen molar-refractivity contribution >= 4 is 29.8 Å². The topological polar surface area (TPSA) is 152 Å². The molecule has 5 aliphatic carbocycles. The van der Waals surface area contributed by atoms with Gasteiger partial charge in [-0.25, -0.2) is 0 Å². The monoisotopic (exact) mass is 688 g/mol. The molecule has 0 aliphatic heterocycles. The number of hydrogen-bond acceptors (Lipinski definition) is 11. The first-order chi connectivity index (χ1) is 22.7. The number of rotatable bonds is 6. The van der Waals surface area contributed by atoms with E-state index in [4.69, 9.17) is 23.7 Å². The lowest BCUT2D eigenvalue weighted by Crippen LogP contribution is -2.72. The smallest absolute Gasteiger partial charge is 0.319 e. The van der Waals surface area contributed by atoms with Crippen LogP contribution < -0.4 is 0 Å². The van der Waals surface area contributed by atoms with Crippen LogP contribution in [0, 0.1) is 50.2 Å². The fourth-order valence-corrected chi connectivity index (χ4v) is 12.0. The lowest BCUT2D eigenvalue weighted by molar-refractivity contribution is -0.262. The van der Waals surface area contributed by atoms with Gasteiger partial charge in [-0.2, -0.15) is 0 Å². The van der Waals surface area contributed by atoms with Gasteiger partial charge in [0.25, 0.3) is 0 Å². The predicted octanol–water partition coefficient (Wildman–Crippen LogP) is 5.10. The van der Waals surface area contributed by atoms with Gasteiger partial charge in [0.15, 0.2) is 6.10 Å². The zero-order valence-corrected chi connectivity index (χ0v) is 30.9. The molecule has 5 rings (SSSR count). The van der Waals surface area contributed by atoms with Crippen LogP contribution in [0.1, 0.15) is 107 Å². The average molecular weight is 689 g/mol. The number of esters is 5. The molecule has 0 saturated heterocycles. The summed E-state index contributed by atoms with van der Waals surface area (Å²) < 4.78 is 28.3. The van der Waals surface area contributed by atoms with E-state index < -0.39 is 87.7 Å². The van der Waals surface area contributed by atoms with Crippen LogP contribution in [-0.2, 0) is 47.7 Å². The fraction of sp³-hybridized carbons (Fsp3) is 0.816. The van der Waals surface area contributed by atoms with Crippen molar-refractivity contribution in [3.63, 3.8) is 0 Å². The molecule has 4 saturated carbocycles. The summed E-state index contributed by atoms with van der Waals surface area (Å²) in [7, 11) is 2.68. The van der Waals surface area contributed by atoms with Crippen LogP contribution in [0.25, 0.3) is 0 Å². The summed E-state index contributed by atoms with van der Waals surface area (Å²) in [4.78, 5) is 65.4. The Hall–Kier alpha value is -2.95. The Balaban J connectivity index is 1.70. The molecule has 4 fully saturated rings. The van der Waals surface area contributed by atoms with Crippen molar-refractivity contribution in [2.24, 2.45) is 50.2 Å². The summed E-state index contributed by atoms with van der Waals surface area (Å²) in [5.74, 6) is -3.76. The Morgan fingerprint density at radius 1 is 0.796 bits per heavy atom. The highest BCUT2D eigenvalue weighted by atomic mass is 16.6. The van der Waals surface area contributed by atoms with E-state index >= 15 is 0 Å². The quantitative estimate of drug-likeness (QED) is 0.225. The molecule has 11 heteroatoms. The number of carbonyl (C=O) groups is 5. The van der Waals surface area contributed by atoms with E-state index in [1.165, 1.54) is 35.0 Å². The standard InChI is InChI=1S/C38H56O11/c1-21(39)47-20-38(32(44)46-10)27-13-14-36(8)26(34(27,6)19-25(48-22(2)40)30(38)49-23(3)41)12-11-24-28-29(42)33(4,5)15-17-37(28,31(43)45-9)18-16-35(24,36)7/h11,25-30,42H,12-20H2,1-10H3/t25-,26-,27-,28-,29+,30+,34-,35-,36-,37+,38+/m1/s1. The summed E-state index contributed by atoms with van der Waals surface area (Å²) in [6.07, 6.45) is 3.94. The first-order valence-corrected chi connectivity index (χ1v) is 17.7. The van der Waals surface area contributed by atoms with Crippen LogP contribution in [0.15, 0.2) is 11.6 Å². The molecule has 11 nitrogen and oxygen atoms in total. The Morgan fingerprint density at radius 2 is 1.41 bits per heavy atom. The Labute approximate surface area is 290 Å². The zero-order valence-electron chi connectivity index (χ0n) is 30.9. The molecule has 0 aromatic heterocycles. The number of aliphatic hydroxyl groups is 1. The molecule has 0 amide bonds. The van der Waals surface area contributed by atoms with E-state index in [0.717, 1.165) is 5.57 Å². The molecule has 49 heavy (non-hydrogen) atoms. The Morgan fingerprint density at radius 3 is 1.98 bits per heavy atom. The molecular weight excluding hydrogens is 632 g/mol. The van der Waals surface area contributed by atoms with Crippen molar-refractivity contribution in [2.75, 3.05) is 20.8 Å². The predicted molar refractivity (Wildman–Crippen MR) is 176 cm³/mol. The van der Waals surface area contributed by atoms with Gasteiger partial charge in [0, 0.05) is 26.7 Å². The van der Waals surface area contributed by atoms with Crippen LogP contribution in [0.4, 0.5) is 0 Å². The van der Waals surface area contributed by atoms with E-state index in [-0.39, 0.29) is 17.3 Å². The molecule has 274 valence electrons. The fourth-order valence-electron chi connectivity index (χ4n) is 12.0. The average Bonchev–Trinajstić information content (AvgIpc) is 3.01. The van der Waals surface area contributed by atoms with Gasteiger partial charge in [0.2, 0.25) is 0 Å².